The number of amides is 1. The Bertz CT molecular complexity index is 659. The average Bonchev–Trinajstić information content (AvgIpc) is 2.42. The summed E-state index contributed by atoms with van der Waals surface area (Å²) in [5, 5.41) is 2.98. The van der Waals surface area contributed by atoms with Crippen LogP contribution in [0.2, 0.25) is 5.02 Å². The quantitative estimate of drug-likeness (QED) is 0.824. The van der Waals surface area contributed by atoms with Crippen LogP contribution in [0.1, 0.15) is 12.8 Å². The number of likely N-dealkylation sites (tertiary alicyclic amines) is 1. The Morgan fingerprint density at radius 3 is 2.57 bits per heavy atom. The van der Waals surface area contributed by atoms with Crippen LogP contribution in [-0.2, 0) is 14.6 Å². The lowest BCUT2D eigenvalue weighted by molar-refractivity contribution is -0.117. The Morgan fingerprint density at radius 1 is 1.39 bits per heavy atom. The highest BCUT2D eigenvalue weighted by atomic mass is 35.5. The zero-order valence-corrected chi connectivity index (χ0v) is 15.2. The second kappa shape index (κ2) is 8.30. The molecule has 9 heteroatoms. The van der Waals surface area contributed by atoms with Crippen molar-refractivity contribution in [3.8, 4) is 0 Å². The van der Waals surface area contributed by atoms with E-state index in [1.54, 1.807) is 0 Å². The van der Waals surface area contributed by atoms with Gasteiger partial charge in [0, 0.05) is 25.4 Å². The molecule has 23 heavy (non-hydrogen) atoms. The molecule has 3 N–H and O–H groups in total. The Balaban J connectivity index is 0.00000264. The van der Waals surface area contributed by atoms with E-state index in [4.69, 9.17) is 17.3 Å². The van der Waals surface area contributed by atoms with Crippen molar-refractivity contribution in [2.75, 3.05) is 31.2 Å². The van der Waals surface area contributed by atoms with Crippen LogP contribution in [-0.4, -0.2) is 51.2 Å². The molecule has 1 aromatic rings. The molecule has 1 saturated heterocycles. The molecule has 1 aromatic carbocycles. The van der Waals surface area contributed by atoms with Gasteiger partial charge in [0.25, 0.3) is 0 Å². The number of nitrogens with zero attached hydrogens (tertiary/aromatic N) is 1. The van der Waals surface area contributed by atoms with Crippen molar-refractivity contribution in [1.82, 2.24) is 4.90 Å². The van der Waals surface area contributed by atoms with Gasteiger partial charge in [-0.1, -0.05) is 11.6 Å². The SMILES string of the molecule is CS(=O)(=O)c1ccc(Cl)c(NC(=O)CN2CCC(N)CC2)c1.Cl. The Hall–Kier alpha value is -0.860. The molecule has 0 unspecified atom stereocenters. The molecule has 1 fully saturated rings. The lowest BCUT2D eigenvalue weighted by Crippen LogP contribution is -2.43. The highest BCUT2D eigenvalue weighted by Gasteiger charge is 2.19. The van der Waals surface area contributed by atoms with E-state index in [1.165, 1.54) is 18.2 Å². The minimum absolute atomic E-state index is 0. The highest BCUT2D eigenvalue weighted by molar-refractivity contribution is 7.90. The number of hydrogen-bond acceptors (Lipinski definition) is 5. The van der Waals surface area contributed by atoms with Gasteiger partial charge in [-0.15, -0.1) is 12.4 Å². The molecule has 0 aromatic heterocycles. The molecule has 1 heterocycles. The maximum absolute atomic E-state index is 12.1. The molecule has 1 aliphatic heterocycles. The van der Waals surface area contributed by atoms with Gasteiger partial charge in [-0.25, -0.2) is 8.42 Å². The first-order valence-electron chi connectivity index (χ1n) is 7.03. The normalized spacial score (nSPS) is 16.7. The number of halogens is 2. The van der Waals surface area contributed by atoms with E-state index in [0.717, 1.165) is 32.2 Å². The van der Waals surface area contributed by atoms with Crippen LogP contribution >= 0.6 is 24.0 Å². The monoisotopic (exact) mass is 381 g/mol. The number of benzene rings is 1. The van der Waals surface area contributed by atoms with E-state index < -0.39 is 9.84 Å². The fraction of sp³-hybridized carbons (Fsp3) is 0.500. The van der Waals surface area contributed by atoms with Gasteiger partial charge in [0.05, 0.1) is 22.2 Å². The first kappa shape index (κ1) is 20.2. The van der Waals surface area contributed by atoms with Crippen LogP contribution < -0.4 is 11.1 Å². The third-order valence-electron chi connectivity index (χ3n) is 3.64. The second-order valence-electron chi connectivity index (χ2n) is 5.58. The van der Waals surface area contributed by atoms with E-state index >= 15 is 0 Å². The van der Waals surface area contributed by atoms with E-state index in [0.29, 0.717) is 10.7 Å². The molecule has 0 bridgehead atoms. The lowest BCUT2D eigenvalue weighted by Gasteiger charge is -2.29. The summed E-state index contributed by atoms with van der Waals surface area (Å²) in [5.74, 6) is -0.219. The van der Waals surface area contributed by atoms with Gasteiger partial charge in [0.2, 0.25) is 5.91 Å². The van der Waals surface area contributed by atoms with Gasteiger partial charge in [0.1, 0.15) is 0 Å². The molecule has 1 aliphatic rings. The molecule has 2 rings (SSSR count). The van der Waals surface area contributed by atoms with E-state index in [2.05, 4.69) is 5.32 Å². The number of rotatable bonds is 4. The summed E-state index contributed by atoms with van der Waals surface area (Å²) >= 11 is 6.01. The van der Waals surface area contributed by atoms with Crippen molar-refractivity contribution >= 4 is 45.4 Å². The molecule has 0 aliphatic carbocycles. The van der Waals surface area contributed by atoms with Crippen molar-refractivity contribution < 1.29 is 13.2 Å². The van der Waals surface area contributed by atoms with Crippen LogP contribution in [0.25, 0.3) is 0 Å². The minimum atomic E-state index is -3.35. The maximum atomic E-state index is 12.1. The number of sulfone groups is 1. The zero-order chi connectivity index (χ0) is 16.3. The summed E-state index contributed by atoms with van der Waals surface area (Å²) in [4.78, 5) is 14.2. The molecule has 6 nitrogen and oxygen atoms in total. The summed E-state index contributed by atoms with van der Waals surface area (Å²) in [6, 6.07) is 4.47. The summed E-state index contributed by atoms with van der Waals surface area (Å²) < 4.78 is 23.1. The second-order valence-corrected chi connectivity index (χ2v) is 8.00. The van der Waals surface area contributed by atoms with Crippen LogP contribution in [0.15, 0.2) is 23.1 Å². The van der Waals surface area contributed by atoms with E-state index in [1.807, 2.05) is 4.90 Å². The largest absolute Gasteiger partial charge is 0.328 e. The molecule has 0 spiro atoms. The number of hydrogen-bond donors (Lipinski definition) is 2. The Morgan fingerprint density at radius 2 is 2.00 bits per heavy atom. The van der Waals surface area contributed by atoms with Crippen molar-refractivity contribution in [3.63, 3.8) is 0 Å². The number of nitrogens with one attached hydrogen (secondary N) is 1. The van der Waals surface area contributed by atoms with Gasteiger partial charge in [-0.2, -0.15) is 0 Å². The number of carbonyl (C=O) groups is 1. The molecule has 0 saturated carbocycles. The van der Waals surface area contributed by atoms with Crippen LogP contribution in [0, 0.1) is 0 Å². The van der Waals surface area contributed by atoms with Gasteiger partial charge in [0.15, 0.2) is 9.84 Å². The van der Waals surface area contributed by atoms with Crippen LogP contribution in [0.3, 0.4) is 0 Å². The summed E-state index contributed by atoms with van der Waals surface area (Å²) in [7, 11) is -3.35. The average molecular weight is 382 g/mol. The van der Waals surface area contributed by atoms with Gasteiger partial charge >= 0.3 is 0 Å². The molecule has 0 atom stereocenters. The first-order chi connectivity index (χ1) is 10.3. The van der Waals surface area contributed by atoms with Gasteiger partial charge in [-0.05, 0) is 31.0 Å². The number of anilines is 1. The molecule has 130 valence electrons. The third kappa shape index (κ3) is 5.93. The highest BCUT2D eigenvalue weighted by Crippen LogP contribution is 2.25. The fourth-order valence-corrected chi connectivity index (χ4v) is 3.15. The lowest BCUT2D eigenvalue weighted by atomic mass is 10.1. The Kier molecular flexibility index (Phi) is 7.29. The zero-order valence-electron chi connectivity index (χ0n) is 12.8. The predicted molar refractivity (Wildman–Crippen MR) is 94.1 cm³/mol. The first-order valence-corrected chi connectivity index (χ1v) is 9.30. The molecular weight excluding hydrogens is 361 g/mol. The number of piperidine rings is 1. The predicted octanol–water partition coefficient (Wildman–Crippen LogP) is 1.53. The molecule has 0 radical (unpaired) electrons. The Labute approximate surface area is 147 Å². The van der Waals surface area contributed by atoms with Gasteiger partial charge in [-0.3, -0.25) is 9.69 Å². The maximum Gasteiger partial charge on any atom is 0.238 e. The minimum Gasteiger partial charge on any atom is -0.328 e. The van der Waals surface area contributed by atoms with E-state index in [-0.39, 0.29) is 35.8 Å². The van der Waals surface area contributed by atoms with Crippen molar-refractivity contribution in [2.24, 2.45) is 5.73 Å². The third-order valence-corrected chi connectivity index (χ3v) is 5.08. The van der Waals surface area contributed by atoms with Crippen molar-refractivity contribution in [1.29, 1.82) is 0 Å². The summed E-state index contributed by atoms with van der Waals surface area (Å²) in [5.41, 5.74) is 6.14. The van der Waals surface area contributed by atoms with Crippen molar-refractivity contribution in [2.45, 2.75) is 23.8 Å². The van der Waals surface area contributed by atoms with Crippen LogP contribution in [0.4, 0.5) is 5.69 Å². The molecular formula is C14H21Cl2N3O3S. The fourth-order valence-electron chi connectivity index (χ4n) is 2.33. The summed E-state index contributed by atoms with van der Waals surface area (Å²) in [6.07, 6.45) is 2.86. The standard InChI is InChI=1S/C14H20ClN3O3S.ClH/c1-22(20,21)11-2-3-12(15)13(8-11)17-14(19)9-18-6-4-10(16)5-7-18;/h2-3,8,10H,4-7,9,16H2,1H3,(H,17,19);1H. The summed E-state index contributed by atoms with van der Waals surface area (Å²) in [6.45, 7) is 1.81. The number of nitrogens with two attached hydrogens (primary N) is 1. The van der Waals surface area contributed by atoms with E-state index in [9.17, 15) is 13.2 Å². The van der Waals surface area contributed by atoms with Crippen molar-refractivity contribution in [3.05, 3.63) is 23.2 Å². The topological polar surface area (TPSA) is 92.5 Å². The van der Waals surface area contributed by atoms with Gasteiger partial charge < -0.3 is 11.1 Å². The van der Waals surface area contributed by atoms with Crippen LogP contribution in [0.5, 0.6) is 0 Å². The smallest absolute Gasteiger partial charge is 0.238 e. The molecule has 1 amide bonds. The number of carbonyl (C=O) groups excluding carboxylic acids is 1.